The summed E-state index contributed by atoms with van der Waals surface area (Å²) < 4.78 is 13.9. The Labute approximate surface area is 116 Å². The molecule has 0 unspecified atom stereocenters. The zero-order valence-corrected chi connectivity index (χ0v) is 12.0. The molecular weight excluding hydrogens is 293 g/mol. The van der Waals surface area contributed by atoms with Gasteiger partial charge in [0.2, 0.25) is 0 Å². The topological polar surface area (TPSA) is 12.0 Å². The third kappa shape index (κ3) is 3.12. The van der Waals surface area contributed by atoms with Crippen molar-refractivity contribution >= 4 is 15.9 Å². The monoisotopic (exact) mass is 311 g/mol. The van der Waals surface area contributed by atoms with E-state index in [0.717, 1.165) is 36.4 Å². The standard InChI is InChI=1S/C15H19BrFN/c16-14-6-1-10(7-15(14)17)8-18-9-13(11-2-3-11)12-4-5-12/h1,6-7,11-13,18H,2-5,8-9H2. The van der Waals surface area contributed by atoms with Gasteiger partial charge in [0.15, 0.2) is 0 Å². The Balaban J connectivity index is 1.49. The van der Waals surface area contributed by atoms with Gasteiger partial charge in [0, 0.05) is 6.54 Å². The van der Waals surface area contributed by atoms with Gasteiger partial charge in [0.1, 0.15) is 5.82 Å². The fourth-order valence-corrected chi connectivity index (χ4v) is 3.05. The van der Waals surface area contributed by atoms with Crippen LogP contribution in [0.5, 0.6) is 0 Å². The molecule has 18 heavy (non-hydrogen) atoms. The summed E-state index contributed by atoms with van der Waals surface area (Å²) >= 11 is 3.18. The Hall–Kier alpha value is -0.410. The van der Waals surface area contributed by atoms with Gasteiger partial charge in [-0.25, -0.2) is 4.39 Å². The molecule has 0 heterocycles. The highest BCUT2D eigenvalue weighted by Crippen LogP contribution is 2.48. The van der Waals surface area contributed by atoms with Gasteiger partial charge in [-0.2, -0.15) is 0 Å². The van der Waals surface area contributed by atoms with Crippen molar-refractivity contribution in [3.8, 4) is 0 Å². The second-order valence-electron chi connectivity index (χ2n) is 5.72. The van der Waals surface area contributed by atoms with Crippen molar-refractivity contribution in [3.05, 3.63) is 34.1 Å². The summed E-state index contributed by atoms with van der Waals surface area (Å²) in [6, 6.07) is 5.37. The van der Waals surface area contributed by atoms with E-state index in [9.17, 15) is 4.39 Å². The van der Waals surface area contributed by atoms with Gasteiger partial charge < -0.3 is 5.32 Å². The molecule has 0 aromatic heterocycles. The molecule has 1 aromatic carbocycles. The van der Waals surface area contributed by atoms with Gasteiger partial charge in [0.05, 0.1) is 4.47 Å². The third-order valence-corrected chi connectivity index (χ3v) is 4.79. The average molecular weight is 312 g/mol. The first kappa shape index (κ1) is 12.6. The summed E-state index contributed by atoms with van der Waals surface area (Å²) in [6.45, 7) is 1.88. The lowest BCUT2D eigenvalue weighted by Crippen LogP contribution is -2.25. The lowest BCUT2D eigenvalue weighted by atomic mass is 9.98. The molecule has 0 radical (unpaired) electrons. The summed E-state index contributed by atoms with van der Waals surface area (Å²) in [5.74, 6) is 2.67. The lowest BCUT2D eigenvalue weighted by Gasteiger charge is -2.16. The maximum atomic E-state index is 13.4. The zero-order chi connectivity index (χ0) is 12.5. The van der Waals surface area contributed by atoms with Gasteiger partial charge >= 0.3 is 0 Å². The number of hydrogen-bond acceptors (Lipinski definition) is 1. The van der Waals surface area contributed by atoms with Crippen LogP contribution in [0.2, 0.25) is 0 Å². The molecule has 0 spiro atoms. The highest BCUT2D eigenvalue weighted by molar-refractivity contribution is 9.10. The highest BCUT2D eigenvalue weighted by Gasteiger charge is 2.40. The molecule has 1 N–H and O–H groups in total. The predicted molar refractivity (Wildman–Crippen MR) is 74.7 cm³/mol. The summed E-state index contributed by atoms with van der Waals surface area (Å²) in [6.07, 6.45) is 5.71. The Bertz CT molecular complexity index is 415. The molecule has 1 aromatic rings. The molecule has 0 atom stereocenters. The molecule has 0 amide bonds. The minimum atomic E-state index is -0.171. The van der Waals surface area contributed by atoms with Crippen LogP contribution in [0.4, 0.5) is 4.39 Å². The molecule has 0 saturated heterocycles. The minimum absolute atomic E-state index is 0.171. The number of rotatable bonds is 6. The van der Waals surface area contributed by atoms with Crippen molar-refractivity contribution in [3.63, 3.8) is 0 Å². The molecule has 3 rings (SSSR count). The van der Waals surface area contributed by atoms with Crippen LogP contribution in [0.3, 0.4) is 0 Å². The van der Waals surface area contributed by atoms with Crippen LogP contribution >= 0.6 is 15.9 Å². The van der Waals surface area contributed by atoms with E-state index in [1.54, 1.807) is 12.1 Å². The molecule has 1 nitrogen and oxygen atoms in total. The fraction of sp³-hybridized carbons (Fsp3) is 0.600. The smallest absolute Gasteiger partial charge is 0.137 e. The summed E-state index contributed by atoms with van der Waals surface area (Å²) in [5, 5.41) is 3.51. The largest absolute Gasteiger partial charge is 0.312 e. The van der Waals surface area contributed by atoms with E-state index in [0.29, 0.717) is 4.47 Å². The van der Waals surface area contributed by atoms with Crippen molar-refractivity contribution in [2.75, 3.05) is 6.54 Å². The van der Waals surface area contributed by atoms with Crippen LogP contribution in [-0.4, -0.2) is 6.54 Å². The summed E-state index contributed by atoms with van der Waals surface area (Å²) in [4.78, 5) is 0. The predicted octanol–water partition coefficient (Wildman–Crippen LogP) is 4.11. The van der Waals surface area contributed by atoms with E-state index in [2.05, 4.69) is 21.2 Å². The van der Waals surface area contributed by atoms with Crippen LogP contribution < -0.4 is 5.32 Å². The average Bonchev–Trinajstić information content (AvgIpc) is 3.22. The number of halogens is 2. The number of hydrogen-bond donors (Lipinski definition) is 1. The normalized spacial score (nSPS) is 19.5. The molecule has 0 bridgehead atoms. The van der Waals surface area contributed by atoms with Gasteiger partial charge in [-0.1, -0.05) is 6.07 Å². The number of benzene rings is 1. The van der Waals surface area contributed by atoms with E-state index in [1.807, 2.05) is 6.07 Å². The van der Waals surface area contributed by atoms with Gasteiger partial charge in [0.25, 0.3) is 0 Å². The SMILES string of the molecule is Fc1cc(CNCC(C2CC2)C2CC2)ccc1Br. The van der Waals surface area contributed by atoms with Crippen LogP contribution in [0, 0.1) is 23.6 Å². The molecule has 2 saturated carbocycles. The molecule has 98 valence electrons. The molecule has 2 aliphatic rings. The first-order chi connectivity index (χ1) is 8.74. The van der Waals surface area contributed by atoms with Gasteiger partial charge in [-0.15, -0.1) is 0 Å². The first-order valence-corrected chi connectivity index (χ1v) is 7.68. The molecular formula is C15H19BrFN. The lowest BCUT2D eigenvalue weighted by molar-refractivity contribution is 0.378. The van der Waals surface area contributed by atoms with Crippen molar-refractivity contribution in [1.82, 2.24) is 5.32 Å². The Kier molecular flexibility index (Phi) is 3.71. The molecule has 0 aliphatic heterocycles. The minimum Gasteiger partial charge on any atom is -0.312 e. The Morgan fingerprint density at radius 2 is 1.89 bits per heavy atom. The summed E-state index contributed by atoms with van der Waals surface area (Å²) in [5.41, 5.74) is 1.03. The van der Waals surface area contributed by atoms with Gasteiger partial charge in [-0.05, 0) is 83.6 Å². The van der Waals surface area contributed by atoms with E-state index in [4.69, 9.17) is 0 Å². The van der Waals surface area contributed by atoms with E-state index < -0.39 is 0 Å². The second kappa shape index (κ2) is 5.30. The van der Waals surface area contributed by atoms with Crippen molar-refractivity contribution < 1.29 is 4.39 Å². The van der Waals surface area contributed by atoms with Crippen LogP contribution in [0.25, 0.3) is 0 Å². The highest BCUT2D eigenvalue weighted by atomic mass is 79.9. The van der Waals surface area contributed by atoms with E-state index in [1.165, 1.54) is 25.7 Å². The first-order valence-electron chi connectivity index (χ1n) is 6.88. The number of nitrogens with one attached hydrogen (secondary N) is 1. The fourth-order valence-electron chi connectivity index (χ4n) is 2.80. The second-order valence-corrected chi connectivity index (χ2v) is 6.57. The van der Waals surface area contributed by atoms with Crippen LogP contribution in [0.15, 0.2) is 22.7 Å². The van der Waals surface area contributed by atoms with Gasteiger partial charge in [-0.3, -0.25) is 0 Å². The Morgan fingerprint density at radius 1 is 1.22 bits per heavy atom. The van der Waals surface area contributed by atoms with E-state index >= 15 is 0 Å². The van der Waals surface area contributed by atoms with E-state index in [-0.39, 0.29) is 5.82 Å². The summed E-state index contributed by atoms with van der Waals surface area (Å²) in [7, 11) is 0. The van der Waals surface area contributed by atoms with Crippen molar-refractivity contribution in [2.45, 2.75) is 32.2 Å². The molecule has 2 fully saturated rings. The van der Waals surface area contributed by atoms with Crippen LogP contribution in [0.1, 0.15) is 31.2 Å². The zero-order valence-electron chi connectivity index (χ0n) is 10.5. The molecule has 3 heteroatoms. The third-order valence-electron chi connectivity index (χ3n) is 4.15. The van der Waals surface area contributed by atoms with Crippen LogP contribution in [-0.2, 0) is 6.54 Å². The van der Waals surface area contributed by atoms with Crippen molar-refractivity contribution in [2.24, 2.45) is 17.8 Å². The maximum absolute atomic E-state index is 13.4. The maximum Gasteiger partial charge on any atom is 0.137 e. The quantitative estimate of drug-likeness (QED) is 0.833. The van der Waals surface area contributed by atoms with Crippen molar-refractivity contribution in [1.29, 1.82) is 0 Å². The Morgan fingerprint density at radius 3 is 2.44 bits per heavy atom. The molecule has 2 aliphatic carbocycles.